The van der Waals surface area contributed by atoms with Crippen LogP contribution in [0.1, 0.15) is 10.9 Å². The molecule has 4 rings (SSSR count). The van der Waals surface area contributed by atoms with Crippen LogP contribution in [-0.4, -0.2) is 9.67 Å². The molecule has 1 atom stereocenters. The van der Waals surface area contributed by atoms with Gasteiger partial charge in [-0.3, -0.25) is 4.79 Å². The number of benzene rings is 2. The van der Waals surface area contributed by atoms with Crippen molar-refractivity contribution in [2.75, 3.05) is 5.32 Å². The van der Waals surface area contributed by atoms with E-state index in [0.717, 1.165) is 16.1 Å². The Kier molecular flexibility index (Phi) is 2.90. The van der Waals surface area contributed by atoms with Gasteiger partial charge in [-0.1, -0.05) is 36.0 Å². The molecule has 110 valence electrons. The summed E-state index contributed by atoms with van der Waals surface area (Å²) in [6, 6.07) is 15.3. The Bertz CT molecular complexity index is 924. The topological polar surface area (TPSA) is 54.3 Å². The van der Waals surface area contributed by atoms with Gasteiger partial charge in [0.2, 0.25) is 0 Å². The zero-order chi connectivity index (χ0) is 15.3. The van der Waals surface area contributed by atoms with E-state index < -0.39 is 0 Å². The highest BCUT2D eigenvalue weighted by atomic mass is 32.2. The van der Waals surface area contributed by atoms with Crippen molar-refractivity contribution >= 4 is 28.4 Å². The molecule has 5 heteroatoms. The first-order chi connectivity index (χ1) is 10.7. The number of anilines is 1. The zero-order valence-electron chi connectivity index (χ0n) is 11.9. The minimum Gasteiger partial charge on any atom is -0.507 e. The summed E-state index contributed by atoms with van der Waals surface area (Å²) in [5.74, 6) is 0.0662. The van der Waals surface area contributed by atoms with Crippen LogP contribution in [-0.2, 0) is 7.05 Å². The number of pyridine rings is 1. The van der Waals surface area contributed by atoms with Crippen LogP contribution in [0, 0.1) is 0 Å². The van der Waals surface area contributed by atoms with Crippen LogP contribution in [0.2, 0.25) is 0 Å². The van der Waals surface area contributed by atoms with Crippen LogP contribution < -0.4 is 10.9 Å². The molecule has 0 spiro atoms. The SMILES string of the molecule is Cn1c(=O)c(C2Nc3ccccc3S2)c(O)c2ccccc21. The molecule has 0 saturated carbocycles. The minimum absolute atomic E-state index is 0.0662. The highest BCUT2D eigenvalue weighted by Crippen LogP contribution is 2.48. The Morgan fingerprint density at radius 3 is 2.68 bits per heavy atom. The average Bonchev–Trinajstić information content (AvgIpc) is 2.96. The number of aryl methyl sites for hydroxylation is 1. The standard InChI is InChI=1S/C17H14N2O2S/c1-19-12-8-4-2-6-10(12)15(20)14(17(19)21)16-18-11-7-3-5-9-13(11)22-16/h2-9,16,18,20H,1H3. The molecular weight excluding hydrogens is 296 g/mol. The largest absolute Gasteiger partial charge is 0.507 e. The fourth-order valence-corrected chi connectivity index (χ4v) is 4.04. The second-order valence-corrected chi connectivity index (χ2v) is 6.43. The van der Waals surface area contributed by atoms with E-state index in [2.05, 4.69) is 5.32 Å². The predicted molar refractivity (Wildman–Crippen MR) is 89.5 cm³/mol. The van der Waals surface area contributed by atoms with Crippen molar-refractivity contribution in [2.24, 2.45) is 7.05 Å². The van der Waals surface area contributed by atoms with E-state index in [9.17, 15) is 9.90 Å². The molecule has 2 aromatic carbocycles. The van der Waals surface area contributed by atoms with E-state index in [0.29, 0.717) is 10.9 Å². The van der Waals surface area contributed by atoms with Gasteiger partial charge in [-0.25, -0.2) is 0 Å². The van der Waals surface area contributed by atoms with Crippen molar-refractivity contribution < 1.29 is 5.11 Å². The molecule has 4 nitrogen and oxygen atoms in total. The van der Waals surface area contributed by atoms with E-state index in [1.165, 1.54) is 0 Å². The number of fused-ring (bicyclic) bond motifs is 2. The molecule has 1 aliphatic heterocycles. The van der Waals surface area contributed by atoms with Gasteiger partial charge in [0.1, 0.15) is 11.1 Å². The normalized spacial score (nSPS) is 16.5. The van der Waals surface area contributed by atoms with Gasteiger partial charge in [-0.15, -0.1) is 0 Å². The first-order valence-corrected chi connectivity index (χ1v) is 7.87. The number of rotatable bonds is 1. The molecule has 0 amide bonds. The summed E-state index contributed by atoms with van der Waals surface area (Å²) in [5.41, 5.74) is 1.96. The second-order valence-electron chi connectivity index (χ2n) is 5.28. The number of nitrogens with one attached hydrogen (secondary N) is 1. The molecule has 0 fully saturated rings. The molecule has 2 heterocycles. The van der Waals surface area contributed by atoms with E-state index in [1.54, 1.807) is 23.4 Å². The lowest BCUT2D eigenvalue weighted by molar-refractivity contribution is 0.472. The highest BCUT2D eigenvalue weighted by molar-refractivity contribution is 8.00. The van der Waals surface area contributed by atoms with Gasteiger partial charge < -0.3 is 15.0 Å². The van der Waals surface area contributed by atoms with Gasteiger partial charge in [0.15, 0.2) is 0 Å². The van der Waals surface area contributed by atoms with E-state index >= 15 is 0 Å². The maximum atomic E-state index is 12.7. The first kappa shape index (κ1) is 13.3. The van der Waals surface area contributed by atoms with Crippen LogP contribution in [0.5, 0.6) is 5.75 Å². The van der Waals surface area contributed by atoms with Crippen LogP contribution in [0.3, 0.4) is 0 Å². The van der Waals surface area contributed by atoms with Gasteiger partial charge >= 0.3 is 0 Å². The molecule has 0 radical (unpaired) electrons. The zero-order valence-corrected chi connectivity index (χ0v) is 12.7. The molecule has 3 aromatic rings. The van der Waals surface area contributed by atoms with E-state index in [4.69, 9.17) is 0 Å². The monoisotopic (exact) mass is 310 g/mol. The van der Waals surface area contributed by atoms with Crippen molar-refractivity contribution in [3.63, 3.8) is 0 Å². The molecule has 0 aliphatic carbocycles. The van der Waals surface area contributed by atoms with Gasteiger partial charge in [0.05, 0.1) is 11.1 Å². The van der Waals surface area contributed by atoms with Crippen molar-refractivity contribution in [2.45, 2.75) is 10.3 Å². The summed E-state index contributed by atoms with van der Waals surface area (Å²) in [7, 11) is 1.74. The highest BCUT2D eigenvalue weighted by Gasteiger charge is 2.29. The van der Waals surface area contributed by atoms with E-state index in [-0.39, 0.29) is 16.7 Å². The summed E-state index contributed by atoms with van der Waals surface area (Å²) in [6.45, 7) is 0. The van der Waals surface area contributed by atoms with Gasteiger partial charge in [-0.05, 0) is 24.3 Å². The summed E-state index contributed by atoms with van der Waals surface area (Å²) in [5, 5.41) is 14.4. The van der Waals surface area contributed by atoms with E-state index in [1.807, 2.05) is 48.5 Å². The molecule has 22 heavy (non-hydrogen) atoms. The Labute approximate surface area is 131 Å². The van der Waals surface area contributed by atoms with Gasteiger partial charge in [-0.2, -0.15) is 0 Å². The predicted octanol–water partition coefficient (Wildman–Crippen LogP) is 3.46. The third-order valence-electron chi connectivity index (χ3n) is 3.99. The summed E-state index contributed by atoms with van der Waals surface area (Å²) < 4.78 is 1.59. The lowest BCUT2D eigenvalue weighted by atomic mass is 10.1. The van der Waals surface area contributed by atoms with Gasteiger partial charge in [0.25, 0.3) is 5.56 Å². The number of aromatic hydroxyl groups is 1. The van der Waals surface area contributed by atoms with Crippen molar-refractivity contribution in [1.82, 2.24) is 4.57 Å². The van der Waals surface area contributed by atoms with Gasteiger partial charge in [0, 0.05) is 23.0 Å². The average molecular weight is 310 g/mol. The fourth-order valence-electron chi connectivity index (χ4n) is 2.86. The number of nitrogens with zero attached hydrogens (tertiary/aromatic N) is 1. The summed E-state index contributed by atoms with van der Waals surface area (Å²) >= 11 is 1.55. The van der Waals surface area contributed by atoms with Crippen molar-refractivity contribution in [3.8, 4) is 5.75 Å². The Morgan fingerprint density at radius 2 is 1.86 bits per heavy atom. The lowest BCUT2D eigenvalue weighted by Gasteiger charge is -2.16. The lowest BCUT2D eigenvalue weighted by Crippen LogP contribution is -2.24. The number of para-hydroxylation sites is 2. The maximum absolute atomic E-state index is 12.7. The minimum atomic E-state index is -0.277. The molecule has 1 aromatic heterocycles. The molecule has 0 bridgehead atoms. The summed E-state index contributed by atoms with van der Waals surface area (Å²) in [6.07, 6.45) is 0. The first-order valence-electron chi connectivity index (χ1n) is 6.99. The van der Waals surface area contributed by atoms with Crippen molar-refractivity contribution in [3.05, 3.63) is 64.4 Å². The maximum Gasteiger partial charge on any atom is 0.260 e. The Balaban J connectivity index is 1.92. The van der Waals surface area contributed by atoms with Crippen LogP contribution in [0.25, 0.3) is 10.9 Å². The number of hydrogen-bond donors (Lipinski definition) is 2. The van der Waals surface area contributed by atoms with Crippen LogP contribution in [0.15, 0.2) is 58.2 Å². The van der Waals surface area contributed by atoms with Crippen LogP contribution >= 0.6 is 11.8 Å². The number of aromatic nitrogens is 1. The Morgan fingerprint density at radius 1 is 1.14 bits per heavy atom. The quantitative estimate of drug-likeness (QED) is 0.723. The third-order valence-corrected chi connectivity index (χ3v) is 5.19. The second kappa shape index (κ2) is 4.81. The molecule has 0 saturated heterocycles. The number of hydrogen-bond acceptors (Lipinski definition) is 4. The summed E-state index contributed by atoms with van der Waals surface area (Å²) in [4.78, 5) is 13.8. The molecular formula is C17H14N2O2S. The Hall–Kier alpha value is -2.40. The number of thioether (sulfide) groups is 1. The smallest absolute Gasteiger partial charge is 0.260 e. The third kappa shape index (κ3) is 1.82. The molecule has 1 aliphatic rings. The van der Waals surface area contributed by atoms with Crippen LogP contribution in [0.4, 0.5) is 5.69 Å². The fraction of sp³-hybridized carbons (Fsp3) is 0.118. The molecule has 1 unspecified atom stereocenters. The van der Waals surface area contributed by atoms with Crippen molar-refractivity contribution in [1.29, 1.82) is 0 Å². The molecule has 2 N–H and O–H groups in total.